The van der Waals surface area contributed by atoms with Gasteiger partial charge in [-0.1, -0.05) is 0 Å². The molecule has 2 heterocycles. The molecule has 0 aromatic carbocycles. The molecule has 1 aromatic heterocycles. The predicted molar refractivity (Wildman–Crippen MR) is 83.2 cm³/mol. The van der Waals surface area contributed by atoms with Gasteiger partial charge in [-0.15, -0.1) is 0 Å². The first-order valence-electron chi connectivity index (χ1n) is 7.29. The van der Waals surface area contributed by atoms with Gasteiger partial charge in [-0.3, -0.25) is 4.79 Å². The third-order valence-electron chi connectivity index (χ3n) is 3.50. The van der Waals surface area contributed by atoms with Gasteiger partial charge in [-0.25, -0.2) is 17.7 Å². The van der Waals surface area contributed by atoms with Gasteiger partial charge in [-0.05, 0) is 25.8 Å². The lowest BCUT2D eigenvalue weighted by Gasteiger charge is -2.30. The van der Waals surface area contributed by atoms with Crippen molar-refractivity contribution in [3.63, 3.8) is 0 Å². The number of pyridine rings is 1. The number of aromatic nitrogens is 1. The molecule has 0 aliphatic carbocycles. The minimum Gasteiger partial charge on any atom is -0.474 e. The Morgan fingerprint density at radius 2 is 2.09 bits per heavy atom. The minimum atomic E-state index is -3.11. The highest BCUT2D eigenvalue weighted by molar-refractivity contribution is 7.89. The fraction of sp³-hybridized carbons (Fsp3) is 0.571. The lowest BCUT2D eigenvalue weighted by atomic mass is 10.1. The molecule has 0 unspecified atom stereocenters. The molecule has 1 aliphatic heterocycles. The van der Waals surface area contributed by atoms with Crippen LogP contribution in [0.25, 0.3) is 0 Å². The number of rotatable bonds is 5. The van der Waals surface area contributed by atoms with Crippen LogP contribution in [0.5, 0.6) is 5.88 Å². The first-order valence-corrected chi connectivity index (χ1v) is 8.89. The second-order valence-electron chi connectivity index (χ2n) is 5.18. The lowest BCUT2D eigenvalue weighted by molar-refractivity contribution is -0.114. The number of anilines is 1. The first kappa shape index (κ1) is 16.7. The maximum absolute atomic E-state index is 11.8. The number of hydrogen-bond acceptors (Lipinski definition) is 5. The number of piperidine rings is 1. The van der Waals surface area contributed by atoms with Crippen molar-refractivity contribution in [2.45, 2.75) is 32.8 Å². The molecule has 8 heteroatoms. The van der Waals surface area contributed by atoms with Gasteiger partial charge in [0.25, 0.3) is 0 Å². The third-order valence-corrected chi connectivity index (χ3v) is 5.38. The molecule has 1 fully saturated rings. The topological polar surface area (TPSA) is 88.6 Å². The molecular weight excluding hydrogens is 306 g/mol. The number of carbonyl (C=O) groups is 1. The molecule has 1 amide bonds. The second kappa shape index (κ2) is 7.06. The SMILES string of the molecule is CCS(=O)(=O)N1CCC(Oc2ccc(NC(C)=O)cn2)CC1. The van der Waals surface area contributed by atoms with Gasteiger partial charge in [-0.2, -0.15) is 0 Å². The van der Waals surface area contributed by atoms with Gasteiger partial charge in [0.1, 0.15) is 6.10 Å². The number of hydrogen-bond donors (Lipinski definition) is 1. The van der Waals surface area contributed by atoms with Crippen LogP contribution in [0.4, 0.5) is 5.69 Å². The second-order valence-corrected chi connectivity index (χ2v) is 7.44. The van der Waals surface area contributed by atoms with Crippen molar-refractivity contribution in [1.29, 1.82) is 0 Å². The molecular formula is C14H21N3O4S. The van der Waals surface area contributed by atoms with Gasteiger partial charge in [0, 0.05) is 26.1 Å². The smallest absolute Gasteiger partial charge is 0.221 e. The first-order chi connectivity index (χ1) is 10.4. The summed E-state index contributed by atoms with van der Waals surface area (Å²) in [6.07, 6.45) is 2.79. The Kier molecular flexibility index (Phi) is 5.36. The number of carbonyl (C=O) groups excluding carboxylic acids is 1. The van der Waals surface area contributed by atoms with Crippen LogP contribution >= 0.6 is 0 Å². The Bertz CT molecular complexity index is 607. The van der Waals surface area contributed by atoms with Crippen molar-refractivity contribution < 1.29 is 17.9 Å². The molecule has 0 spiro atoms. The number of amides is 1. The maximum Gasteiger partial charge on any atom is 0.221 e. The van der Waals surface area contributed by atoms with Crippen molar-refractivity contribution in [2.24, 2.45) is 0 Å². The monoisotopic (exact) mass is 327 g/mol. The van der Waals surface area contributed by atoms with Crippen LogP contribution in [0.2, 0.25) is 0 Å². The van der Waals surface area contributed by atoms with E-state index >= 15 is 0 Å². The highest BCUT2D eigenvalue weighted by Crippen LogP contribution is 2.20. The summed E-state index contributed by atoms with van der Waals surface area (Å²) in [5, 5.41) is 2.63. The van der Waals surface area contributed by atoms with Gasteiger partial charge in [0.15, 0.2) is 0 Å². The Morgan fingerprint density at radius 3 is 2.59 bits per heavy atom. The highest BCUT2D eigenvalue weighted by atomic mass is 32.2. The molecule has 0 saturated carbocycles. The molecule has 2 rings (SSSR count). The molecule has 0 radical (unpaired) electrons. The minimum absolute atomic E-state index is 0.0394. The summed E-state index contributed by atoms with van der Waals surface area (Å²) in [5.74, 6) is 0.455. The van der Waals surface area contributed by atoms with Gasteiger partial charge in [0.05, 0.1) is 17.6 Å². The van der Waals surface area contributed by atoms with Gasteiger partial charge in [0.2, 0.25) is 21.8 Å². The molecule has 0 bridgehead atoms. The fourth-order valence-electron chi connectivity index (χ4n) is 2.31. The molecule has 1 aliphatic rings. The van der Waals surface area contributed by atoms with Crippen LogP contribution in [0, 0.1) is 0 Å². The van der Waals surface area contributed by atoms with Crippen LogP contribution in [0.3, 0.4) is 0 Å². The molecule has 7 nitrogen and oxygen atoms in total. The predicted octanol–water partition coefficient (Wildman–Crippen LogP) is 1.23. The summed E-state index contributed by atoms with van der Waals surface area (Å²) in [6.45, 7) is 4.04. The van der Waals surface area contributed by atoms with Crippen LogP contribution in [0.1, 0.15) is 26.7 Å². The van der Waals surface area contributed by atoms with Crippen LogP contribution in [-0.2, 0) is 14.8 Å². The third kappa shape index (κ3) is 4.41. The van der Waals surface area contributed by atoms with Gasteiger partial charge < -0.3 is 10.1 Å². The summed E-state index contributed by atoms with van der Waals surface area (Å²) >= 11 is 0. The van der Waals surface area contributed by atoms with Crippen molar-refractivity contribution >= 4 is 21.6 Å². The molecule has 22 heavy (non-hydrogen) atoms. The molecule has 1 saturated heterocycles. The average Bonchev–Trinajstić information content (AvgIpc) is 2.49. The summed E-state index contributed by atoms with van der Waals surface area (Å²) in [7, 11) is -3.11. The number of sulfonamides is 1. The van der Waals surface area contributed by atoms with Crippen molar-refractivity contribution in [1.82, 2.24) is 9.29 Å². The van der Waals surface area contributed by atoms with E-state index in [2.05, 4.69) is 10.3 Å². The Hall–Kier alpha value is -1.67. The van der Waals surface area contributed by atoms with E-state index < -0.39 is 10.0 Å². The van der Waals surface area contributed by atoms with E-state index in [4.69, 9.17) is 4.74 Å². The average molecular weight is 327 g/mol. The standard InChI is InChI=1S/C14H21N3O4S/c1-3-22(19,20)17-8-6-13(7-9-17)21-14-5-4-12(10-15-14)16-11(2)18/h4-5,10,13H,3,6-9H2,1-2H3,(H,16,18). The quantitative estimate of drug-likeness (QED) is 0.879. The highest BCUT2D eigenvalue weighted by Gasteiger charge is 2.27. The van der Waals surface area contributed by atoms with E-state index in [1.807, 2.05) is 0 Å². The van der Waals surface area contributed by atoms with Crippen LogP contribution in [-0.4, -0.2) is 48.6 Å². The zero-order valence-electron chi connectivity index (χ0n) is 12.8. The van der Waals surface area contributed by atoms with E-state index in [9.17, 15) is 13.2 Å². The number of nitrogens with zero attached hydrogens (tertiary/aromatic N) is 2. The van der Waals surface area contributed by atoms with E-state index in [0.29, 0.717) is 37.5 Å². The fourth-order valence-corrected chi connectivity index (χ4v) is 3.44. The number of nitrogens with one attached hydrogen (secondary N) is 1. The van der Waals surface area contributed by atoms with E-state index in [1.54, 1.807) is 19.1 Å². The zero-order valence-corrected chi connectivity index (χ0v) is 13.6. The Labute approximate surface area is 130 Å². The molecule has 1 aromatic rings. The maximum atomic E-state index is 11.8. The van der Waals surface area contributed by atoms with E-state index in [-0.39, 0.29) is 17.8 Å². The van der Waals surface area contributed by atoms with Gasteiger partial charge >= 0.3 is 0 Å². The zero-order chi connectivity index (χ0) is 16.2. The summed E-state index contributed by atoms with van der Waals surface area (Å²) < 4.78 is 30.8. The lowest BCUT2D eigenvalue weighted by Crippen LogP contribution is -2.42. The van der Waals surface area contributed by atoms with E-state index in [0.717, 1.165) is 0 Å². The van der Waals surface area contributed by atoms with E-state index in [1.165, 1.54) is 17.4 Å². The van der Waals surface area contributed by atoms with Crippen molar-refractivity contribution in [3.05, 3.63) is 18.3 Å². The number of ether oxygens (including phenoxy) is 1. The Balaban J connectivity index is 1.87. The summed E-state index contributed by atoms with van der Waals surface area (Å²) in [4.78, 5) is 15.1. The summed E-state index contributed by atoms with van der Waals surface area (Å²) in [6, 6.07) is 3.42. The van der Waals surface area contributed by atoms with Crippen molar-refractivity contribution in [3.8, 4) is 5.88 Å². The normalized spacial score (nSPS) is 17.2. The molecule has 122 valence electrons. The Morgan fingerprint density at radius 1 is 1.41 bits per heavy atom. The largest absolute Gasteiger partial charge is 0.474 e. The molecule has 1 N–H and O–H groups in total. The molecule has 0 atom stereocenters. The van der Waals surface area contributed by atoms with Crippen LogP contribution < -0.4 is 10.1 Å². The summed E-state index contributed by atoms with van der Waals surface area (Å²) in [5.41, 5.74) is 0.615. The van der Waals surface area contributed by atoms with Crippen LogP contribution in [0.15, 0.2) is 18.3 Å². The van der Waals surface area contributed by atoms with Crippen molar-refractivity contribution in [2.75, 3.05) is 24.2 Å².